The fourth-order valence-electron chi connectivity index (χ4n) is 11.3. The first-order valence-electron chi connectivity index (χ1n) is 20.0. The first kappa shape index (κ1) is 39.8. The fraction of sp³-hybridized carbons (Fsp3) is 0.975. The molecular formula is C40H68O11. The molecule has 6 aliphatic heterocycles. The highest BCUT2D eigenvalue weighted by Gasteiger charge is 2.65. The molecule has 11 nitrogen and oxygen atoms in total. The highest BCUT2D eigenvalue weighted by atomic mass is 16.7. The number of ether oxygens (including phenoxy) is 7. The van der Waals surface area contributed by atoms with Crippen molar-refractivity contribution in [1.82, 2.24) is 0 Å². The highest BCUT2D eigenvalue weighted by Crippen LogP contribution is 2.57. The first-order chi connectivity index (χ1) is 23.9. The Bertz CT molecular complexity index is 1230. The van der Waals surface area contributed by atoms with Crippen LogP contribution in [0.1, 0.15) is 120 Å². The van der Waals surface area contributed by atoms with Crippen molar-refractivity contribution in [3.8, 4) is 0 Å². The van der Waals surface area contributed by atoms with E-state index in [9.17, 15) is 20.1 Å². The minimum Gasteiger partial charge on any atom is -0.481 e. The molecule has 6 saturated heterocycles. The molecule has 6 heterocycles. The minimum atomic E-state index is -1.55. The highest BCUT2D eigenvalue weighted by molar-refractivity contribution is 5.70. The van der Waals surface area contributed by atoms with E-state index in [1.165, 1.54) is 0 Å². The third kappa shape index (κ3) is 7.19. The number of methoxy groups -OCH3 is 1. The molecule has 0 aromatic carbocycles. The van der Waals surface area contributed by atoms with Crippen molar-refractivity contribution in [2.24, 2.45) is 41.4 Å². The molecule has 0 amide bonds. The van der Waals surface area contributed by atoms with Gasteiger partial charge in [0.05, 0.1) is 72.6 Å². The zero-order valence-corrected chi connectivity index (χ0v) is 32.8. The molecule has 51 heavy (non-hydrogen) atoms. The number of carbonyl (C=O) groups is 1. The molecule has 0 aromatic heterocycles. The van der Waals surface area contributed by atoms with E-state index in [0.717, 1.165) is 51.4 Å². The summed E-state index contributed by atoms with van der Waals surface area (Å²) >= 11 is 0. The Morgan fingerprint density at radius 1 is 0.863 bits per heavy atom. The van der Waals surface area contributed by atoms with Crippen LogP contribution in [0.3, 0.4) is 0 Å². The van der Waals surface area contributed by atoms with E-state index >= 15 is 0 Å². The van der Waals surface area contributed by atoms with Gasteiger partial charge in [0.2, 0.25) is 0 Å². The van der Waals surface area contributed by atoms with E-state index < -0.39 is 41.3 Å². The van der Waals surface area contributed by atoms with E-state index in [1.54, 1.807) is 14.0 Å². The van der Waals surface area contributed by atoms with Crippen molar-refractivity contribution in [3.05, 3.63) is 0 Å². The third-order valence-corrected chi connectivity index (χ3v) is 14.4. The van der Waals surface area contributed by atoms with Crippen LogP contribution >= 0.6 is 0 Å². The Hall–Kier alpha value is -0.890. The van der Waals surface area contributed by atoms with Gasteiger partial charge in [-0.2, -0.15) is 0 Å². The number of aliphatic hydroxyl groups is 2. The average Bonchev–Trinajstić information content (AvgIpc) is 3.75. The van der Waals surface area contributed by atoms with Crippen molar-refractivity contribution in [2.75, 3.05) is 13.7 Å². The van der Waals surface area contributed by atoms with Gasteiger partial charge in [0.25, 0.3) is 0 Å². The van der Waals surface area contributed by atoms with Crippen molar-refractivity contribution >= 4 is 5.97 Å². The number of hydrogen-bond donors (Lipinski definition) is 3. The summed E-state index contributed by atoms with van der Waals surface area (Å²) in [5.74, 6) is -3.26. The Balaban J connectivity index is 1.13. The molecule has 0 saturated carbocycles. The molecule has 0 radical (unpaired) electrons. The molecule has 1 spiro atoms. The molecule has 6 fully saturated rings. The fourth-order valence-corrected chi connectivity index (χ4v) is 11.3. The van der Waals surface area contributed by atoms with Gasteiger partial charge in [-0.25, -0.2) is 0 Å². The summed E-state index contributed by atoms with van der Waals surface area (Å²) in [6, 6.07) is 0. The lowest BCUT2D eigenvalue weighted by Crippen LogP contribution is -2.58. The summed E-state index contributed by atoms with van der Waals surface area (Å²) < 4.78 is 47.0. The van der Waals surface area contributed by atoms with E-state index in [-0.39, 0.29) is 84.3 Å². The van der Waals surface area contributed by atoms with Gasteiger partial charge in [0, 0.05) is 37.7 Å². The lowest BCUT2D eigenvalue weighted by atomic mass is 9.78. The number of aliphatic hydroxyl groups excluding tert-OH is 1. The van der Waals surface area contributed by atoms with Gasteiger partial charge >= 0.3 is 5.97 Å². The van der Waals surface area contributed by atoms with Crippen molar-refractivity contribution < 1.29 is 53.3 Å². The molecule has 0 bridgehead atoms. The number of carboxylic acid groups (broad SMARTS) is 1. The van der Waals surface area contributed by atoms with Gasteiger partial charge in [0.1, 0.15) is 0 Å². The maximum atomic E-state index is 11.8. The van der Waals surface area contributed by atoms with Gasteiger partial charge < -0.3 is 48.5 Å². The van der Waals surface area contributed by atoms with Gasteiger partial charge in [-0.05, 0) is 83.5 Å². The zero-order chi connectivity index (χ0) is 37.3. The van der Waals surface area contributed by atoms with Crippen LogP contribution in [-0.2, 0) is 38.0 Å². The Kier molecular flexibility index (Phi) is 11.4. The standard InChI is InChI=1S/C40H68O11/c1-21-11-12-28(46-33(21)26(6)36(42)43)17-29-18-30(45-10)27(7)40(48-29)25(5)19-38(9,51-40)32-13-14-37(8,49-32)35-23(3)16-31(47-35)34-22(2)15-24(4)39(44,20-41)50-34/h21-35,41,44H,11-20H2,1-10H3,(H,42,43)/t21-,22-,23-,24+,25+,26-,27+,28+,29+,30+,31+,32+,33+,34-,35+,37-,38-,39-,40+/m0/s1. The maximum Gasteiger partial charge on any atom is 0.308 e. The average molecular weight is 725 g/mol. The van der Waals surface area contributed by atoms with Crippen molar-refractivity contribution in [1.29, 1.82) is 0 Å². The molecule has 3 N–H and O–H groups in total. The third-order valence-electron chi connectivity index (χ3n) is 14.4. The monoisotopic (exact) mass is 724 g/mol. The predicted octanol–water partition coefficient (Wildman–Crippen LogP) is 5.71. The topological polar surface area (TPSA) is 142 Å². The zero-order valence-electron chi connectivity index (χ0n) is 32.8. The van der Waals surface area contributed by atoms with Gasteiger partial charge in [-0.3, -0.25) is 4.79 Å². The van der Waals surface area contributed by atoms with Crippen LogP contribution < -0.4 is 0 Å². The van der Waals surface area contributed by atoms with Crippen LogP contribution in [0, 0.1) is 41.4 Å². The summed E-state index contributed by atoms with van der Waals surface area (Å²) in [7, 11) is 1.77. The van der Waals surface area contributed by atoms with Crippen LogP contribution in [0.25, 0.3) is 0 Å². The van der Waals surface area contributed by atoms with E-state index in [2.05, 4.69) is 48.5 Å². The van der Waals surface area contributed by atoms with Gasteiger partial charge in [-0.1, -0.05) is 41.5 Å². The Morgan fingerprint density at radius 3 is 2.25 bits per heavy atom. The molecule has 6 rings (SSSR count). The van der Waals surface area contributed by atoms with Crippen LogP contribution in [0.4, 0.5) is 0 Å². The smallest absolute Gasteiger partial charge is 0.308 e. The SMILES string of the molecule is CO[C@@H]1C[C@@H](C[C@H]2CC[C@H](C)[C@H]([C@H](C)C(=O)O)O2)O[C@]2(O[C@](C)([C@H]3CC[C@@](C)([C@@H]4O[C@@H]([C@H]5O[C@@](O)(CO)[C@H](C)C[C@@H]5C)C[C@@H]4C)O3)C[C@H]2C)[C@@H]1C. The molecule has 0 unspecified atom stereocenters. The summed E-state index contributed by atoms with van der Waals surface area (Å²) in [6.45, 7) is 18.4. The summed E-state index contributed by atoms with van der Waals surface area (Å²) in [5, 5.41) is 30.7. The number of rotatable bonds is 9. The Labute approximate surface area is 305 Å². The molecule has 19 atom stereocenters. The second-order valence-electron chi connectivity index (χ2n) is 18.4. The second kappa shape index (κ2) is 14.6. The van der Waals surface area contributed by atoms with E-state index in [1.807, 2.05) is 6.92 Å². The number of aliphatic carboxylic acids is 1. The molecule has 6 aliphatic rings. The molecule has 0 aliphatic carbocycles. The quantitative estimate of drug-likeness (QED) is 0.269. The summed E-state index contributed by atoms with van der Waals surface area (Å²) in [5.41, 5.74) is -1.10. The lowest BCUT2D eigenvalue weighted by molar-refractivity contribution is -0.353. The van der Waals surface area contributed by atoms with E-state index in [0.29, 0.717) is 6.42 Å². The van der Waals surface area contributed by atoms with Crippen LogP contribution in [-0.4, -0.2) is 107 Å². The minimum absolute atomic E-state index is 0.00727. The maximum absolute atomic E-state index is 11.8. The molecule has 11 heteroatoms. The first-order valence-corrected chi connectivity index (χ1v) is 20.0. The Morgan fingerprint density at radius 2 is 1.59 bits per heavy atom. The number of hydrogen-bond acceptors (Lipinski definition) is 10. The molecular weight excluding hydrogens is 656 g/mol. The second-order valence-corrected chi connectivity index (χ2v) is 18.4. The lowest BCUT2D eigenvalue weighted by Gasteiger charge is -2.50. The van der Waals surface area contributed by atoms with Gasteiger partial charge in [0.15, 0.2) is 11.6 Å². The normalized spacial score (nSPS) is 54.2. The number of carboxylic acids is 1. The largest absolute Gasteiger partial charge is 0.481 e. The van der Waals surface area contributed by atoms with E-state index in [4.69, 9.17) is 33.2 Å². The van der Waals surface area contributed by atoms with Gasteiger partial charge in [-0.15, -0.1) is 0 Å². The summed E-state index contributed by atoms with van der Waals surface area (Å²) in [4.78, 5) is 11.8. The molecule has 0 aromatic rings. The van der Waals surface area contributed by atoms with Crippen molar-refractivity contribution in [2.45, 2.75) is 192 Å². The predicted molar refractivity (Wildman–Crippen MR) is 189 cm³/mol. The summed E-state index contributed by atoms with van der Waals surface area (Å²) in [6.07, 6.45) is 5.85. The van der Waals surface area contributed by atoms with Crippen LogP contribution in [0.15, 0.2) is 0 Å². The van der Waals surface area contributed by atoms with Crippen LogP contribution in [0.2, 0.25) is 0 Å². The van der Waals surface area contributed by atoms with Crippen LogP contribution in [0.5, 0.6) is 0 Å². The molecule has 294 valence electrons. The van der Waals surface area contributed by atoms with Crippen molar-refractivity contribution in [3.63, 3.8) is 0 Å².